The first kappa shape index (κ1) is 13.6. The van der Waals surface area contributed by atoms with Crippen LogP contribution in [0.1, 0.15) is 44.3 Å². The molecular weight excluding hydrogens is 228 g/mol. The van der Waals surface area contributed by atoms with E-state index < -0.39 is 0 Å². The van der Waals surface area contributed by atoms with E-state index >= 15 is 0 Å². The van der Waals surface area contributed by atoms with E-state index in [2.05, 4.69) is 17.2 Å². The standard InChI is InChI=1S/C14H24N2O2/c1-11(17-2)5-8-13-10-16-14(18-13)4-3-9-15-12-6-7-12/h10-12,15H,3-9H2,1-2H3. The summed E-state index contributed by atoms with van der Waals surface area (Å²) in [5, 5.41) is 3.50. The molecule has 1 aliphatic rings. The molecule has 4 nitrogen and oxygen atoms in total. The van der Waals surface area contributed by atoms with Crippen molar-refractivity contribution in [2.75, 3.05) is 13.7 Å². The van der Waals surface area contributed by atoms with Crippen molar-refractivity contribution in [2.24, 2.45) is 0 Å². The quantitative estimate of drug-likeness (QED) is 0.685. The lowest BCUT2D eigenvalue weighted by Gasteiger charge is -2.06. The molecule has 1 fully saturated rings. The summed E-state index contributed by atoms with van der Waals surface area (Å²) in [7, 11) is 1.74. The molecule has 0 amide bonds. The van der Waals surface area contributed by atoms with Crippen LogP contribution in [0.2, 0.25) is 0 Å². The highest BCUT2D eigenvalue weighted by Gasteiger charge is 2.19. The molecule has 0 saturated heterocycles. The van der Waals surface area contributed by atoms with Gasteiger partial charge in [-0.05, 0) is 39.2 Å². The highest BCUT2D eigenvalue weighted by molar-refractivity contribution is 4.95. The Morgan fingerprint density at radius 1 is 1.50 bits per heavy atom. The SMILES string of the molecule is COC(C)CCc1cnc(CCCNC2CC2)o1. The number of nitrogens with zero attached hydrogens (tertiary/aromatic N) is 1. The zero-order valence-corrected chi connectivity index (χ0v) is 11.4. The molecule has 1 N–H and O–H groups in total. The fourth-order valence-corrected chi connectivity index (χ4v) is 1.88. The van der Waals surface area contributed by atoms with Crippen LogP contribution >= 0.6 is 0 Å². The van der Waals surface area contributed by atoms with Gasteiger partial charge in [-0.25, -0.2) is 4.98 Å². The Balaban J connectivity index is 1.61. The highest BCUT2D eigenvalue weighted by Crippen LogP contribution is 2.18. The van der Waals surface area contributed by atoms with Gasteiger partial charge in [0.15, 0.2) is 5.89 Å². The molecule has 1 atom stereocenters. The zero-order valence-electron chi connectivity index (χ0n) is 11.4. The van der Waals surface area contributed by atoms with Crippen molar-refractivity contribution < 1.29 is 9.15 Å². The second-order valence-electron chi connectivity index (χ2n) is 5.14. The summed E-state index contributed by atoms with van der Waals surface area (Å²) in [4.78, 5) is 4.32. The molecule has 0 bridgehead atoms. The van der Waals surface area contributed by atoms with Crippen LogP contribution in [-0.2, 0) is 17.6 Å². The number of aryl methyl sites for hydroxylation is 2. The Kier molecular flexibility index (Phi) is 5.20. The second kappa shape index (κ2) is 6.90. The minimum Gasteiger partial charge on any atom is -0.446 e. The van der Waals surface area contributed by atoms with Crippen LogP contribution in [0.15, 0.2) is 10.6 Å². The molecule has 0 aliphatic heterocycles. The van der Waals surface area contributed by atoms with Crippen molar-refractivity contribution >= 4 is 0 Å². The average Bonchev–Trinajstić information content (AvgIpc) is 3.10. The summed E-state index contributed by atoms with van der Waals surface area (Å²) in [5.74, 6) is 1.84. The molecule has 0 radical (unpaired) electrons. The third kappa shape index (κ3) is 4.78. The zero-order chi connectivity index (χ0) is 12.8. The molecule has 102 valence electrons. The maximum absolute atomic E-state index is 5.71. The van der Waals surface area contributed by atoms with E-state index in [1.54, 1.807) is 7.11 Å². The average molecular weight is 252 g/mol. The van der Waals surface area contributed by atoms with Gasteiger partial charge in [0.05, 0.1) is 12.3 Å². The van der Waals surface area contributed by atoms with E-state index in [-0.39, 0.29) is 6.10 Å². The topological polar surface area (TPSA) is 47.3 Å². The third-order valence-corrected chi connectivity index (χ3v) is 3.38. The van der Waals surface area contributed by atoms with Crippen LogP contribution in [-0.4, -0.2) is 30.8 Å². The van der Waals surface area contributed by atoms with E-state index in [1.807, 2.05) is 6.20 Å². The lowest BCUT2D eigenvalue weighted by atomic mass is 10.2. The number of oxazole rings is 1. The maximum Gasteiger partial charge on any atom is 0.194 e. The normalized spacial score (nSPS) is 17.0. The summed E-state index contributed by atoms with van der Waals surface area (Å²) in [6.07, 6.45) is 8.75. The second-order valence-corrected chi connectivity index (χ2v) is 5.14. The maximum atomic E-state index is 5.71. The van der Waals surface area contributed by atoms with Gasteiger partial charge in [-0.1, -0.05) is 0 Å². The Hall–Kier alpha value is -0.870. The molecule has 1 unspecified atom stereocenters. The Morgan fingerprint density at radius 3 is 3.06 bits per heavy atom. The van der Waals surface area contributed by atoms with Gasteiger partial charge in [0, 0.05) is 26.0 Å². The summed E-state index contributed by atoms with van der Waals surface area (Å²) < 4.78 is 10.9. The van der Waals surface area contributed by atoms with Crippen LogP contribution in [0.3, 0.4) is 0 Å². The van der Waals surface area contributed by atoms with Crippen molar-refractivity contribution in [3.63, 3.8) is 0 Å². The fraction of sp³-hybridized carbons (Fsp3) is 0.786. The summed E-state index contributed by atoms with van der Waals surface area (Å²) in [5.41, 5.74) is 0. The number of nitrogens with one attached hydrogen (secondary N) is 1. The molecule has 2 rings (SSSR count). The van der Waals surface area contributed by atoms with Crippen molar-refractivity contribution in [1.29, 1.82) is 0 Å². The molecular formula is C14H24N2O2. The van der Waals surface area contributed by atoms with E-state index in [0.29, 0.717) is 0 Å². The first-order chi connectivity index (χ1) is 8.78. The number of hydrogen-bond donors (Lipinski definition) is 1. The van der Waals surface area contributed by atoms with Gasteiger partial charge >= 0.3 is 0 Å². The van der Waals surface area contributed by atoms with E-state index in [1.165, 1.54) is 12.8 Å². The van der Waals surface area contributed by atoms with Gasteiger partial charge in [0.25, 0.3) is 0 Å². The minimum absolute atomic E-state index is 0.279. The minimum atomic E-state index is 0.279. The number of rotatable bonds is 9. The molecule has 0 aromatic carbocycles. The van der Waals surface area contributed by atoms with Crippen LogP contribution in [0.4, 0.5) is 0 Å². The Labute approximate surface area is 109 Å². The lowest BCUT2D eigenvalue weighted by molar-refractivity contribution is 0.110. The Morgan fingerprint density at radius 2 is 2.33 bits per heavy atom. The monoisotopic (exact) mass is 252 g/mol. The van der Waals surface area contributed by atoms with Gasteiger partial charge in [-0.2, -0.15) is 0 Å². The van der Waals surface area contributed by atoms with Gasteiger partial charge in [0.2, 0.25) is 0 Å². The van der Waals surface area contributed by atoms with E-state index in [0.717, 1.165) is 49.9 Å². The smallest absolute Gasteiger partial charge is 0.194 e. The number of methoxy groups -OCH3 is 1. The van der Waals surface area contributed by atoms with Crippen LogP contribution < -0.4 is 5.32 Å². The van der Waals surface area contributed by atoms with Crippen molar-refractivity contribution in [1.82, 2.24) is 10.3 Å². The van der Waals surface area contributed by atoms with Gasteiger partial charge in [0.1, 0.15) is 5.76 Å². The number of aromatic nitrogens is 1. The molecule has 1 aromatic rings. The molecule has 1 aromatic heterocycles. The van der Waals surface area contributed by atoms with Gasteiger partial charge in [-0.3, -0.25) is 0 Å². The lowest BCUT2D eigenvalue weighted by Crippen LogP contribution is -2.17. The predicted octanol–water partition coefficient (Wildman–Crippen LogP) is 2.33. The number of hydrogen-bond acceptors (Lipinski definition) is 4. The third-order valence-electron chi connectivity index (χ3n) is 3.38. The van der Waals surface area contributed by atoms with Crippen molar-refractivity contribution in [3.05, 3.63) is 17.8 Å². The van der Waals surface area contributed by atoms with E-state index in [4.69, 9.17) is 9.15 Å². The Bertz CT molecular complexity index is 347. The molecule has 1 aliphatic carbocycles. The van der Waals surface area contributed by atoms with Crippen LogP contribution in [0.5, 0.6) is 0 Å². The molecule has 0 spiro atoms. The van der Waals surface area contributed by atoms with Gasteiger partial charge < -0.3 is 14.5 Å². The first-order valence-corrected chi connectivity index (χ1v) is 6.97. The van der Waals surface area contributed by atoms with Crippen LogP contribution in [0.25, 0.3) is 0 Å². The van der Waals surface area contributed by atoms with Crippen molar-refractivity contribution in [3.8, 4) is 0 Å². The fourth-order valence-electron chi connectivity index (χ4n) is 1.88. The summed E-state index contributed by atoms with van der Waals surface area (Å²) >= 11 is 0. The predicted molar refractivity (Wildman–Crippen MR) is 70.6 cm³/mol. The highest BCUT2D eigenvalue weighted by atomic mass is 16.5. The summed E-state index contributed by atoms with van der Waals surface area (Å²) in [6, 6.07) is 0.792. The molecule has 1 saturated carbocycles. The molecule has 18 heavy (non-hydrogen) atoms. The largest absolute Gasteiger partial charge is 0.446 e. The van der Waals surface area contributed by atoms with Gasteiger partial charge in [-0.15, -0.1) is 0 Å². The summed E-state index contributed by atoms with van der Waals surface area (Å²) in [6.45, 7) is 3.14. The molecule has 4 heteroatoms. The van der Waals surface area contributed by atoms with Crippen molar-refractivity contribution in [2.45, 2.75) is 57.6 Å². The first-order valence-electron chi connectivity index (χ1n) is 6.97. The number of ether oxygens (including phenoxy) is 1. The van der Waals surface area contributed by atoms with Crippen LogP contribution in [0, 0.1) is 0 Å². The van der Waals surface area contributed by atoms with E-state index in [9.17, 15) is 0 Å². The molecule has 1 heterocycles.